The van der Waals surface area contributed by atoms with Gasteiger partial charge < -0.3 is 5.73 Å². The first-order chi connectivity index (χ1) is 9.47. The van der Waals surface area contributed by atoms with Crippen LogP contribution in [0.2, 0.25) is 0 Å². The summed E-state index contributed by atoms with van der Waals surface area (Å²) in [6.45, 7) is 2.58. The topological polar surface area (TPSA) is 63.4 Å². The third kappa shape index (κ3) is 4.22. The Morgan fingerprint density at radius 3 is 2.35 bits per heavy atom. The molecule has 0 aliphatic carbocycles. The van der Waals surface area contributed by atoms with Gasteiger partial charge in [-0.05, 0) is 43.3 Å². The molecule has 1 unspecified atom stereocenters. The molecular formula is C14H24N2O2S2. The molecule has 1 rings (SSSR count). The van der Waals surface area contributed by atoms with E-state index in [1.54, 1.807) is 30.9 Å². The van der Waals surface area contributed by atoms with Gasteiger partial charge in [-0.1, -0.05) is 19.1 Å². The van der Waals surface area contributed by atoms with E-state index in [2.05, 4.69) is 0 Å². The first kappa shape index (κ1) is 17.5. The number of nitrogens with zero attached hydrogens (tertiary/aromatic N) is 1. The second-order valence-corrected chi connectivity index (χ2v) is 7.63. The Hall–Kier alpha value is -0.560. The van der Waals surface area contributed by atoms with Crippen molar-refractivity contribution >= 4 is 21.8 Å². The fourth-order valence-corrected chi connectivity index (χ4v) is 4.40. The van der Waals surface area contributed by atoms with Gasteiger partial charge in [0.15, 0.2) is 0 Å². The van der Waals surface area contributed by atoms with Crippen molar-refractivity contribution in [3.8, 4) is 0 Å². The Bertz CT molecular complexity index is 500. The summed E-state index contributed by atoms with van der Waals surface area (Å²) in [5.74, 6) is 0.803. The molecule has 0 saturated heterocycles. The van der Waals surface area contributed by atoms with Gasteiger partial charge in [-0.3, -0.25) is 0 Å². The fourth-order valence-electron chi connectivity index (χ4n) is 2.03. The lowest BCUT2D eigenvalue weighted by Gasteiger charge is -2.26. The fraction of sp³-hybridized carbons (Fsp3) is 0.571. The van der Waals surface area contributed by atoms with Crippen molar-refractivity contribution in [2.45, 2.75) is 30.7 Å². The molecule has 0 fully saturated rings. The van der Waals surface area contributed by atoms with Crippen LogP contribution in [-0.4, -0.2) is 44.4 Å². The van der Waals surface area contributed by atoms with Crippen molar-refractivity contribution < 1.29 is 8.42 Å². The molecule has 20 heavy (non-hydrogen) atoms. The summed E-state index contributed by atoms with van der Waals surface area (Å²) in [6.07, 6.45) is 3.56. The van der Waals surface area contributed by atoms with Gasteiger partial charge in [0.1, 0.15) is 0 Å². The highest BCUT2D eigenvalue weighted by molar-refractivity contribution is 7.98. The number of hydrogen-bond donors (Lipinski definition) is 1. The van der Waals surface area contributed by atoms with Gasteiger partial charge in [0.05, 0.1) is 4.90 Å². The van der Waals surface area contributed by atoms with Gasteiger partial charge in [0.25, 0.3) is 0 Å². The van der Waals surface area contributed by atoms with Crippen LogP contribution in [0.3, 0.4) is 0 Å². The maximum Gasteiger partial charge on any atom is 0.243 e. The van der Waals surface area contributed by atoms with Gasteiger partial charge in [-0.2, -0.15) is 16.1 Å². The van der Waals surface area contributed by atoms with E-state index in [9.17, 15) is 8.42 Å². The maximum atomic E-state index is 12.6. The largest absolute Gasteiger partial charge is 0.330 e. The third-order valence-corrected chi connectivity index (χ3v) is 6.02. The summed E-state index contributed by atoms with van der Waals surface area (Å²) in [7, 11) is -1.76. The molecule has 6 heteroatoms. The minimum Gasteiger partial charge on any atom is -0.330 e. The lowest BCUT2D eigenvalue weighted by molar-refractivity contribution is 0.385. The molecule has 4 nitrogen and oxygen atoms in total. The van der Waals surface area contributed by atoms with Crippen LogP contribution in [0.15, 0.2) is 29.2 Å². The summed E-state index contributed by atoms with van der Waals surface area (Å²) in [5.41, 5.74) is 6.56. The number of hydrogen-bond acceptors (Lipinski definition) is 4. The Kier molecular flexibility index (Phi) is 7.02. The molecule has 2 N–H and O–H groups in total. The molecule has 1 atom stereocenters. The van der Waals surface area contributed by atoms with E-state index in [0.717, 1.165) is 24.2 Å². The van der Waals surface area contributed by atoms with Crippen molar-refractivity contribution in [3.05, 3.63) is 29.8 Å². The standard InChI is InChI=1S/C14H24N2O2S2/c1-4-13(11-19-3)16(2)20(17,18)14-7-5-12(6-8-14)9-10-15/h5-8,13H,4,9-11,15H2,1-3H3. The molecule has 0 spiro atoms. The van der Waals surface area contributed by atoms with Crippen LogP contribution in [0.4, 0.5) is 0 Å². The predicted molar refractivity (Wildman–Crippen MR) is 86.6 cm³/mol. The SMILES string of the molecule is CCC(CSC)N(C)S(=O)(=O)c1ccc(CCN)cc1. The molecule has 0 heterocycles. The van der Waals surface area contributed by atoms with Crippen LogP contribution >= 0.6 is 11.8 Å². The molecule has 0 amide bonds. The van der Waals surface area contributed by atoms with Crippen LogP contribution in [0.1, 0.15) is 18.9 Å². The lowest BCUT2D eigenvalue weighted by atomic mass is 10.2. The van der Waals surface area contributed by atoms with Crippen LogP contribution < -0.4 is 5.73 Å². The smallest absolute Gasteiger partial charge is 0.243 e. The van der Waals surface area contributed by atoms with E-state index in [1.165, 1.54) is 4.31 Å². The second kappa shape index (κ2) is 8.02. The van der Waals surface area contributed by atoms with Crippen molar-refractivity contribution in [2.24, 2.45) is 5.73 Å². The summed E-state index contributed by atoms with van der Waals surface area (Å²) in [6, 6.07) is 7.04. The van der Waals surface area contributed by atoms with E-state index < -0.39 is 10.0 Å². The average molecular weight is 316 g/mol. The van der Waals surface area contributed by atoms with Crippen molar-refractivity contribution in [2.75, 3.05) is 25.6 Å². The Morgan fingerprint density at radius 2 is 1.90 bits per heavy atom. The monoisotopic (exact) mass is 316 g/mol. The van der Waals surface area contributed by atoms with Crippen LogP contribution in [0, 0.1) is 0 Å². The summed E-state index contributed by atoms with van der Waals surface area (Å²) >= 11 is 1.66. The molecular weight excluding hydrogens is 292 g/mol. The van der Waals surface area contributed by atoms with Crippen LogP contribution in [0.25, 0.3) is 0 Å². The normalized spacial score (nSPS) is 13.7. The maximum absolute atomic E-state index is 12.6. The molecule has 0 aliphatic heterocycles. The molecule has 0 aliphatic rings. The van der Waals surface area contributed by atoms with E-state index >= 15 is 0 Å². The lowest BCUT2D eigenvalue weighted by Crippen LogP contribution is -2.38. The number of benzene rings is 1. The first-order valence-corrected chi connectivity index (χ1v) is 9.56. The van der Waals surface area contributed by atoms with Gasteiger partial charge in [0, 0.05) is 18.8 Å². The predicted octanol–water partition coefficient (Wildman–Crippen LogP) is 1.95. The zero-order valence-corrected chi connectivity index (χ0v) is 14.0. The quantitative estimate of drug-likeness (QED) is 0.796. The molecule has 0 aromatic heterocycles. The molecule has 114 valence electrons. The molecule has 0 radical (unpaired) electrons. The minimum absolute atomic E-state index is 0.0266. The summed E-state index contributed by atoms with van der Waals surface area (Å²) in [5, 5.41) is 0. The van der Waals surface area contributed by atoms with Gasteiger partial charge in [0.2, 0.25) is 10.0 Å². The molecule has 0 saturated carbocycles. The molecule has 0 bridgehead atoms. The van der Waals surface area contributed by atoms with Crippen molar-refractivity contribution in [3.63, 3.8) is 0 Å². The highest BCUT2D eigenvalue weighted by Gasteiger charge is 2.26. The van der Waals surface area contributed by atoms with Gasteiger partial charge in [-0.15, -0.1) is 0 Å². The Labute approximate surface area is 126 Å². The third-order valence-electron chi connectivity index (χ3n) is 3.38. The van der Waals surface area contributed by atoms with Gasteiger partial charge in [-0.25, -0.2) is 8.42 Å². The zero-order chi connectivity index (χ0) is 15.2. The number of sulfonamides is 1. The van der Waals surface area contributed by atoms with Crippen LogP contribution in [0.5, 0.6) is 0 Å². The van der Waals surface area contributed by atoms with E-state index in [4.69, 9.17) is 5.73 Å². The van der Waals surface area contributed by atoms with E-state index in [-0.39, 0.29) is 6.04 Å². The Balaban J connectivity index is 2.97. The summed E-state index contributed by atoms with van der Waals surface area (Å²) in [4.78, 5) is 0.348. The first-order valence-electron chi connectivity index (χ1n) is 6.73. The number of nitrogens with two attached hydrogens (primary N) is 1. The van der Waals surface area contributed by atoms with Gasteiger partial charge >= 0.3 is 0 Å². The molecule has 1 aromatic carbocycles. The highest BCUT2D eigenvalue weighted by atomic mass is 32.2. The second-order valence-electron chi connectivity index (χ2n) is 4.72. The van der Waals surface area contributed by atoms with Crippen molar-refractivity contribution in [1.29, 1.82) is 0 Å². The minimum atomic E-state index is -3.42. The van der Waals surface area contributed by atoms with Crippen molar-refractivity contribution in [1.82, 2.24) is 4.31 Å². The Morgan fingerprint density at radius 1 is 1.30 bits per heavy atom. The van der Waals surface area contributed by atoms with E-state index in [1.807, 2.05) is 25.3 Å². The highest BCUT2D eigenvalue weighted by Crippen LogP contribution is 2.20. The summed E-state index contributed by atoms with van der Waals surface area (Å²) < 4.78 is 26.6. The number of thioether (sulfide) groups is 1. The zero-order valence-electron chi connectivity index (χ0n) is 12.4. The number of rotatable bonds is 8. The average Bonchev–Trinajstić information content (AvgIpc) is 2.45. The van der Waals surface area contributed by atoms with E-state index in [0.29, 0.717) is 11.4 Å². The molecule has 1 aromatic rings. The van der Waals surface area contributed by atoms with Crippen LogP contribution in [-0.2, 0) is 16.4 Å².